The third-order valence-electron chi connectivity index (χ3n) is 3.31. The minimum Gasteiger partial charge on any atom is -0.385 e. The average Bonchev–Trinajstić information content (AvgIpc) is 2.59. The topological polar surface area (TPSA) is 21.3 Å². The van der Waals surface area contributed by atoms with Crippen molar-refractivity contribution in [3.8, 4) is 0 Å². The van der Waals surface area contributed by atoms with Gasteiger partial charge in [-0.05, 0) is 37.6 Å². The van der Waals surface area contributed by atoms with Gasteiger partial charge in [0, 0.05) is 20.3 Å². The van der Waals surface area contributed by atoms with Gasteiger partial charge >= 0.3 is 0 Å². The van der Waals surface area contributed by atoms with Crippen LogP contribution in [-0.4, -0.2) is 26.8 Å². The molecular weight excluding hydrogens is 174 g/mol. The van der Waals surface area contributed by atoms with Crippen LogP contribution in [0.2, 0.25) is 0 Å². The molecule has 2 nitrogen and oxygen atoms in total. The molecule has 1 aliphatic carbocycles. The van der Waals surface area contributed by atoms with Crippen molar-refractivity contribution < 1.29 is 4.74 Å². The molecule has 0 unspecified atom stereocenters. The van der Waals surface area contributed by atoms with E-state index in [4.69, 9.17) is 4.74 Å². The van der Waals surface area contributed by atoms with Crippen molar-refractivity contribution in [3.05, 3.63) is 0 Å². The molecule has 1 saturated carbocycles. The van der Waals surface area contributed by atoms with E-state index >= 15 is 0 Å². The van der Waals surface area contributed by atoms with Gasteiger partial charge in [-0.1, -0.05) is 19.8 Å². The fourth-order valence-corrected chi connectivity index (χ4v) is 2.29. The Balaban J connectivity index is 1.92. The lowest BCUT2D eigenvalue weighted by Crippen LogP contribution is -2.30. The van der Waals surface area contributed by atoms with Crippen molar-refractivity contribution in [2.75, 3.05) is 26.8 Å². The van der Waals surface area contributed by atoms with Gasteiger partial charge in [0.1, 0.15) is 0 Å². The lowest BCUT2D eigenvalue weighted by molar-refractivity contribution is 0.192. The van der Waals surface area contributed by atoms with E-state index in [0.717, 1.165) is 13.2 Å². The molecule has 1 rings (SSSR count). The zero-order valence-electron chi connectivity index (χ0n) is 9.77. The van der Waals surface area contributed by atoms with Crippen LogP contribution in [0.25, 0.3) is 0 Å². The lowest BCUT2D eigenvalue weighted by Gasteiger charge is -2.23. The molecule has 0 aliphatic heterocycles. The lowest BCUT2D eigenvalue weighted by atomic mass is 9.89. The van der Waals surface area contributed by atoms with Crippen molar-refractivity contribution in [1.29, 1.82) is 0 Å². The molecule has 0 aromatic heterocycles. The summed E-state index contributed by atoms with van der Waals surface area (Å²) in [7, 11) is 1.77. The molecule has 1 aliphatic rings. The molecule has 1 fully saturated rings. The number of hydrogen-bond acceptors (Lipinski definition) is 2. The molecule has 0 heterocycles. The maximum absolute atomic E-state index is 5.01. The highest BCUT2D eigenvalue weighted by molar-refractivity contribution is 4.82. The Morgan fingerprint density at radius 3 is 2.57 bits per heavy atom. The highest BCUT2D eigenvalue weighted by Gasteiger charge is 2.27. The van der Waals surface area contributed by atoms with E-state index in [0.29, 0.717) is 5.41 Å². The first-order chi connectivity index (χ1) is 6.77. The molecule has 0 aromatic carbocycles. The van der Waals surface area contributed by atoms with Gasteiger partial charge in [0.15, 0.2) is 0 Å². The van der Waals surface area contributed by atoms with Gasteiger partial charge in [-0.15, -0.1) is 0 Å². The average molecular weight is 199 g/mol. The van der Waals surface area contributed by atoms with Crippen LogP contribution >= 0.6 is 0 Å². The van der Waals surface area contributed by atoms with Crippen molar-refractivity contribution >= 4 is 0 Å². The van der Waals surface area contributed by atoms with E-state index in [1.807, 2.05) is 0 Å². The Kier molecular flexibility index (Phi) is 5.49. The van der Waals surface area contributed by atoms with Gasteiger partial charge in [-0.2, -0.15) is 0 Å². The normalized spacial score (nSPS) is 20.1. The zero-order chi connectivity index (χ0) is 10.3. The first-order valence-electron chi connectivity index (χ1n) is 5.96. The molecular formula is C12H25NO. The van der Waals surface area contributed by atoms with Crippen LogP contribution in [-0.2, 0) is 4.74 Å². The number of unbranched alkanes of at least 4 members (excludes halogenated alkanes) is 1. The Morgan fingerprint density at radius 1 is 1.21 bits per heavy atom. The quantitative estimate of drug-likeness (QED) is 0.636. The van der Waals surface area contributed by atoms with E-state index < -0.39 is 0 Å². The fourth-order valence-electron chi connectivity index (χ4n) is 2.29. The first-order valence-corrected chi connectivity index (χ1v) is 5.96. The summed E-state index contributed by atoms with van der Waals surface area (Å²) in [4.78, 5) is 0. The predicted octanol–water partition coefficient (Wildman–Crippen LogP) is 2.58. The molecule has 0 amide bonds. The zero-order valence-corrected chi connectivity index (χ0v) is 9.77. The first kappa shape index (κ1) is 12.0. The Labute approximate surface area is 88.4 Å². The largest absolute Gasteiger partial charge is 0.385 e. The van der Waals surface area contributed by atoms with Crippen LogP contribution in [0.3, 0.4) is 0 Å². The van der Waals surface area contributed by atoms with Gasteiger partial charge in [0.25, 0.3) is 0 Å². The second kappa shape index (κ2) is 6.41. The monoisotopic (exact) mass is 199 g/mol. The molecule has 2 heteroatoms. The standard InChI is InChI=1S/C12H25NO/c1-12(7-3-4-8-12)11-13-9-5-6-10-14-2/h13H,3-11H2,1-2H3. The van der Waals surface area contributed by atoms with Crippen LogP contribution in [0.4, 0.5) is 0 Å². The van der Waals surface area contributed by atoms with Crippen LogP contribution in [0, 0.1) is 5.41 Å². The predicted molar refractivity (Wildman–Crippen MR) is 60.6 cm³/mol. The second-order valence-electron chi connectivity index (χ2n) is 4.89. The van der Waals surface area contributed by atoms with Crippen LogP contribution < -0.4 is 5.32 Å². The molecule has 0 atom stereocenters. The Morgan fingerprint density at radius 2 is 1.93 bits per heavy atom. The SMILES string of the molecule is COCCCCNCC1(C)CCCC1. The summed E-state index contributed by atoms with van der Waals surface area (Å²) in [6, 6.07) is 0. The van der Waals surface area contributed by atoms with Gasteiger partial charge < -0.3 is 10.1 Å². The van der Waals surface area contributed by atoms with Gasteiger partial charge in [-0.3, -0.25) is 0 Å². The molecule has 84 valence electrons. The van der Waals surface area contributed by atoms with E-state index in [9.17, 15) is 0 Å². The van der Waals surface area contributed by atoms with Gasteiger partial charge in [0.05, 0.1) is 0 Å². The molecule has 14 heavy (non-hydrogen) atoms. The van der Waals surface area contributed by atoms with Crippen molar-refractivity contribution in [3.63, 3.8) is 0 Å². The highest BCUT2D eigenvalue weighted by Crippen LogP contribution is 2.36. The third kappa shape index (κ3) is 4.43. The summed E-state index contributed by atoms with van der Waals surface area (Å²) in [6.45, 7) is 5.68. The van der Waals surface area contributed by atoms with Gasteiger partial charge in [-0.25, -0.2) is 0 Å². The van der Waals surface area contributed by atoms with E-state index in [1.54, 1.807) is 7.11 Å². The van der Waals surface area contributed by atoms with Crippen LogP contribution in [0.15, 0.2) is 0 Å². The molecule has 0 spiro atoms. The molecule has 0 bridgehead atoms. The number of ether oxygens (including phenoxy) is 1. The van der Waals surface area contributed by atoms with E-state index in [2.05, 4.69) is 12.2 Å². The van der Waals surface area contributed by atoms with Crippen molar-refractivity contribution in [2.45, 2.75) is 45.4 Å². The second-order valence-corrected chi connectivity index (χ2v) is 4.89. The highest BCUT2D eigenvalue weighted by atomic mass is 16.5. The smallest absolute Gasteiger partial charge is 0.0462 e. The summed E-state index contributed by atoms with van der Waals surface area (Å²) in [6.07, 6.45) is 8.12. The minimum atomic E-state index is 0.598. The molecule has 0 aromatic rings. The number of rotatable bonds is 7. The van der Waals surface area contributed by atoms with Crippen LogP contribution in [0.5, 0.6) is 0 Å². The Hall–Kier alpha value is -0.0800. The van der Waals surface area contributed by atoms with Gasteiger partial charge in [0.2, 0.25) is 0 Å². The van der Waals surface area contributed by atoms with Crippen LogP contribution in [0.1, 0.15) is 45.4 Å². The number of methoxy groups -OCH3 is 1. The summed E-state index contributed by atoms with van der Waals surface area (Å²) in [5.41, 5.74) is 0.598. The molecule has 0 radical (unpaired) electrons. The summed E-state index contributed by atoms with van der Waals surface area (Å²) in [5.74, 6) is 0. The molecule has 1 N–H and O–H groups in total. The third-order valence-corrected chi connectivity index (χ3v) is 3.31. The maximum atomic E-state index is 5.01. The van der Waals surface area contributed by atoms with Crippen molar-refractivity contribution in [1.82, 2.24) is 5.32 Å². The number of hydrogen-bond donors (Lipinski definition) is 1. The number of nitrogens with one attached hydrogen (secondary N) is 1. The summed E-state index contributed by atoms with van der Waals surface area (Å²) in [5, 5.41) is 3.57. The summed E-state index contributed by atoms with van der Waals surface area (Å²) < 4.78 is 5.01. The van der Waals surface area contributed by atoms with Crippen molar-refractivity contribution in [2.24, 2.45) is 5.41 Å². The van der Waals surface area contributed by atoms with E-state index in [1.165, 1.54) is 45.1 Å². The van der Waals surface area contributed by atoms with E-state index in [-0.39, 0.29) is 0 Å². The molecule has 0 saturated heterocycles. The minimum absolute atomic E-state index is 0.598. The Bertz CT molecular complexity index is 141. The fraction of sp³-hybridized carbons (Fsp3) is 1.00. The maximum Gasteiger partial charge on any atom is 0.0462 e. The summed E-state index contributed by atoms with van der Waals surface area (Å²) >= 11 is 0.